The summed E-state index contributed by atoms with van der Waals surface area (Å²) in [4.78, 5) is 0. The molecule has 0 saturated heterocycles. The molecule has 1 nitrogen and oxygen atoms in total. The van der Waals surface area contributed by atoms with Crippen LogP contribution in [-0.2, 0) is 0 Å². The van der Waals surface area contributed by atoms with Gasteiger partial charge in [0.2, 0.25) is 4.52 Å². The summed E-state index contributed by atoms with van der Waals surface area (Å²) in [7, 11) is 0. The molecule has 0 aromatic rings. The van der Waals surface area contributed by atoms with Crippen molar-refractivity contribution in [1.29, 1.82) is 0 Å². The maximum atomic E-state index is 9.17. The van der Waals surface area contributed by atoms with E-state index in [0.717, 1.165) is 25.7 Å². The second kappa shape index (κ2) is 3.29. The summed E-state index contributed by atoms with van der Waals surface area (Å²) in [6.07, 6.45) is 5.46. The highest BCUT2D eigenvalue weighted by Crippen LogP contribution is 2.37. The highest BCUT2D eigenvalue weighted by atomic mass is 35.5. The Kier molecular flexibility index (Phi) is 2.84. The molecule has 0 atom stereocenters. The van der Waals surface area contributed by atoms with Crippen molar-refractivity contribution in [1.82, 2.24) is 0 Å². The topological polar surface area (TPSA) is 20.2 Å². The fourth-order valence-electron chi connectivity index (χ4n) is 1.45. The lowest BCUT2D eigenvalue weighted by Crippen LogP contribution is -2.26. The summed E-state index contributed by atoms with van der Waals surface area (Å²) in [5.41, 5.74) is 0. The quantitative estimate of drug-likeness (QED) is 0.619. The third-order valence-electron chi connectivity index (χ3n) is 2.10. The summed E-state index contributed by atoms with van der Waals surface area (Å²) in [6, 6.07) is 0. The van der Waals surface area contributed by atoms with Gasteiger partial charge in [0.1, 0.15) is 0 Å². The zero-order valence-electron chi connectivity index (χ0n) is 5.82. The Morgan fingerprint density at radius 1 is 1.10 bits per heavy atom. The lowest BCUT2D eigenvalue weighted by molar-refractivity contribution is 0.116. The van der Waals surface area contributed by atoms with E-state index < -0.39 is 4.52 Å². The van der Waals surface area contributed by atoms with Crippen LogP contribution >= 0.6 is 23.2 Å². The predicted molar refractivity (Wildman–Crippen MR) is 43.2 cm³/mol. The predicted octanol–water partition coefficient (Wildman–Crippen LogP) is 2.69. The van der Waals surface area contributed by atoms with Gasteiger partial charge >= 0.3 is 0 Å². The number of aliphatic hydroxyl groups is 1. The highest BCUT2D eigenvalue weighted by molar-refractivity contribution is 6.47. The molecule has 1 rings (SSSR count). The average molecular weight is 183 g/mol. The molecule has 0 aliphatic heterocycles. The normalized spacial score (nSPS) is 23.1. The minimum atomic E-state index is -1.49. The first kappa shape index (κ1) is 8.63. The molecule has 0 bridgehead atoms. The Labute approximate surface area is 71.3 Å². The molecule has 0 heterocycles. The Bertz CT molecular complexity index is 103. The van der Waals surface area contributed by atoms with E-state index in [9.17, 15) is 5.11 Å². The van der Waals surface area contributed by atoms with Gasteiger partial charge in [-0.15, -0.1) is 0 Å². The summed E-state index contributed by atoms with van der Waals surface area (Å²) in [5.74, 6) is 0.0876. The maximum absolute atomic E-state index is 9.17. The van der Waals surface area contributed by atoms with Crippen molar-refractivity contribution in [2.24, 2.45) is 5.92 Å². The molecular weight excluding hydrogens is 171 g/mol. The van der Waals surface area contributed by atoms with E-state index in [4.69, 9.17) is 23.2 Å². The maximum Gasteiger partial charge on any atom is 0.217 e. The van der Waals surface area contributed by atoms with Crippen LogP contribution in [0.15, 0.2) is 0 Å². The van der Waals surface area contributed by atoms with Gasteiger partial charge in [-0.1, -0.05) is 42.5 Å². The first-order valence-corrected chi connectivity index (χ1v) is 4.46. The smallest absolute Gasteiger partial charge is 0.217 e. The molecule has 0 unspecified atom stereocenters. The molecule has 1 aliphatic rings. The summed E-state index contributed by atoms with van der Waals surface area (Å²) in [5, 5.41) is 9.17. The molecular formula is C7H12Cl2O. The molecule has 1 fully saturated rings. The Balaban J connectivity index is 2.39. The van der Waals surface area contributed by atoms with E-state index in [1.54, 1.807) is 0 Å². The summed E-state index contributed by atoms with van der Waals surface area (Å²) < 4.78 is -1.49. The second-order valence-corrected chi connectivity index (χ2v) is 4.27. The number of rotatable bonds is 1. The van der Waals surface area contributed by atoms with Crippen molar-refractivity contribution in [3.8, 4) is 0 Å². The zero-order chi connectivity index (χ0) is 7.61. The van der Waals surface area contributed by atoms with Crippen LogP contribution in [0.1, 0.15) is 32.1 Å². The van der Waals surface area contributed by atoms with Crippen molar-refractivity contribution in [2.75, 3.05) is 0 Å². The van der Waals surface area contributed by atoms with E-state index in [1.165, 1.54) is 6.42 Å². The van der Waals surface area contributed by atoms with Crippen LogP contribution in [0.5, 0.6) is 0 Å². The Morgan fingerprint density at radius 3 is 1.90 bits per heavy atom. The zero-order valence-corrected chi connectivity index (χ0v) is 7.33. The minimum Gasteiger partial charge on any atom is -0.362 e. The minimum absolute atomic E-state index is 0.0876. The van der Waals surface area contributed by atoms with Crippen molar-refractivity contribution in [3.63, 3.8) is 0 Å². The highest BCUT2D eigenvalue weighted by Gasteiger charge is 2.32. The SMILES string of the molecule is OC(Cl)(Cl)C1CCCCC1. The fraction of sp³-hybridized carbons (Fsp3) is 1.00. The average Bonchev–Trinajstić information content (AvgIpc) is 1.88. The van der Waals surface area contributed by atoms with Crippen LogP contribution in [-0.4, -0.2) is 9.63 Å². The van der Waals surface area contributed by atoms with Crippen molar-refractivity contribution < 1.29 is 5.11 Å². The second-order valence-electron chi connectivity index (χ2n) is 2.92. The Morgan fingerprint density at radius 2 is 1.60 bits per heavy atom. The molecule has 1 N–H and O–H groups in total. The van der Waals surface area contributed by atoms with Crippen molar-refractivity contribution in [3.05, 3.63) is 0 Å². The Hall–Kier alpha value is 0.540. The van der Waals surface area contributed by atoms with Gasteiger partial charge in [0.15, 0.2) is 0 Å². The molecule has 0 radical (unpaired) electrons. The van der Waals surface area contributed by atoms with Gasteiger partial charge in [-0.05, 0) is 12.8 Å². The van der Waals surface area contributed by atoms with Gasteiger partial charge in [-0.25, -0.2) is 0 Å². The van der Waals surface area contributed by atoms with Crippen LogP contribution in [0.3, 0.4) is 0 Å². The van der Waals surface area contributed by atoms with E-state index >= 15 is 0 Å². The van der Waals surface area contributed by atoms with E-state index in [-0.39, 0.29) is 5.92 Å². The fourth-order valence-corrected chi connectivity index (χ4v) is 1.89. The first-order valence-electron chi connectivity index (χ1n) is 3.71. The van der Waals surface area contributed by atoms with Gasteiger partial charge < -0.3 is 5.11 Å². The number of hydrogen-bond acceptors (Lipinski definition) is 1. The van der Waals surface area contributed by atoms with E-state index in [0.29, 0.717) is 0 Å². The molecule has 1 aliphatic carbocycles. The van der Waals surface area contributed by atoms with Crippen molar-refractivity contribution >= 4 is 23.2 Å². The van der Waals surface area contributed by atoms with Crippen LogP contribution in [0.25, 0.3) is 0 Å². The van der Waals surface area contributed by atoms with Gasteiger partial charge in [0, 0.05) is 5.92 Å². The van der Waals surface area contributed by atoms with Gasteiger partial charge in [-0.3, -0.25) is 0 Å². The monoisotopic (exact) mass is 182 g/mol. The summed E-state index contributed by atoms with van der Waals surface area (Å²) >= 11 is 11.1. The molecule has 0 amide bonds. The molecule has 3 heteroatoms. The largest absolute Gasteiger partial charge is 0.362 e. The van der Waals surface area contributed by atoms with Gasteiger partial charge in [0.25, 0.3) is 0 Å². The van der Waals surface area contributed by atoms with E-state index in [1.807, 2.05) is 0 Å². The lowest BCUT2D eigenvalue weighted by Gasteiger charge is -2.28. The molecule has 0 spiro atoms. The van der Waals surface area contributed by atoms with Gasteiger partial charge in [0.05, 0.1) is 0 Å². The molecule has 1 saturated carbocycles. The van der Waals surface area contributed by atoms with Crippen LogP contribution in [0.2, 0.25) is 0 Å². The van der Waals surface area contributed by atoms with Crippen molar-refractivity contribution in [2.45, 2.75) is 36.6 Å². The van der Waals surface area contributed by atoms with Crippen LogP contribution < -0.4 is 0 Å². The third-order valence-corrected chi connectivity index (χ3v) is 2.71. The molecule has 0 aromatic carbocycles. The molecule has 0 aromatic heterocycles. The first-order chi connectivity index (χ1) is 4.61. The van der Waals surface area contributed by atoms with E-state index in [2.05, 4.69) is 0 Å². The standard InChI is InChI=1S/C7H12Cl2O/c8-7(9,10)6-4-2-1-3-5-6/h6,10H,1-5H2. The van der Waals surface area contributed by atoms with Crippen LogP contribution in [0, 0.1) is 5.92 Å². The molecule has 60 valence electrons. The molecule has 10 heavy (non-hydrogen) atoms. The van der Waals surface area contributed by atoms with Gasteiger partial charge in [-0.2, -0.15) is 0 Å². The number of halogens is 2. The number of alkyl halides is 2. The van der Waals surface area contributed by atoms with Crippen LogP contribution in [0.4, 0.5) is 0 Å². The third kappa shape index (κ3) is 2.30. The lowest BCUT2D eigenvalue weighted by atomic mass is 9.90. The summed E-state index contributed by atoms with van der Waals surface area (Å²) in [6.45, 7) is 0. The number of hydrogen-bond donors (Lipinski definition) is 1.